The Balaban J connectivity index is 2.45. The van der Waals surface area contributed by atoms with Crippen molar-refractivity contribution >= 4 is 10.0 Å². The average Bonchev–Trinajstić information content (AvgIpc) is 2.77. The van der Waals surface area contributed by atoms with Crippen LogP contribution in [-0.4, -0.2) is 31.4 Å². The van der Waals surface area contributed by atoms with Gasteiger partial charge in [0.25, 0.3) is 0 Å². The van der Waals surface area contributed by atoms with Crippen molar-refractivity contribution in [2.75, 3.05) is 7.05 Å². The standard InChI is InChI=1S/C16H22N2O3S/c1-5-7-13(11-17)18(4)22(19,20)14-9-6-8-12-10-16(2,3)21-15(12)14/h6,8-9,13H,5,7,10H2,1-4H3/t13-/m0/s1. The second kappa shape index (κ2) is 5.90. The van der Waals surface area contributed by atoms with Crippen molar-refractivity contribution in [1.29, 1.82) is 5.26 Å². The Bertz CT molecular complexity index is 705. The van der Waals surface area contributed by atoms with Gasteiger partial charge in [-0.05, 0) is 31.9 Å². The SMILES string of the molecule is CCC[C@@H](C#N)N(C)S(=O)(=O)c1cccc2c1OC(C)(C)C2. The summed E-state index contributed by atoms with van der Waals surface area (Å²) in [6, 6.07) is 6.56. The average molecular weight is 322 g/mol. The third-order valence-electron chi connectivity index (χ3n) is 3.86. The Hall–Kier alpha value is -1.58. The summed E-state index contributed by atoms with van der Waals surface area (Å²) in [5.74, 6) is 0.424. The molecule has 22 heavy (non-hydrogen) atoms. The molecular weight excluding hydrogens is 300 g/mol. The molecule has 1 atom stereocenters. The molecule has 1 aliphatic rings. The predicted octanol–water partition coefficient (Wildman–Crippen LogP) is 2.71. The fourth-order valence-electron chi connectivity index (χ4n) is 2.71. The minimum atomic E-state index is -3.76. The van der Waals surface area contributed by atoms with E-state index in [1.807, 2.05) is 26.8 Å². The van der Waals surface area contributed by atoms with Gasteiger partial charge in [0.15, 0.2) is 0 Å². The molecule has 0 saturated heterocycles. The summed E-state index contributed by atoms with van der Waals surface area (Å²) in [7, 11) is -2.31. The highest BCUT2D eigenvalue weighted by Crippen LogP contribution is 2.40. The van der Waals surface area contributed by atoms with Crippen molar-refractivity contribution in [2.24, 2.45) is 0 Å². The minimum Gasteiger partial charge on any atom is -0.486 e. The van der Waals surface area contributed by atoms with Crippen LogP contribution in [0.15, 0.2) is 23.1 Å². The van der Waals surface area contributed by atoms with Crippen molar-refractivity contribution in [3.05, 3.63) is 23.8 Å². The van der Waals surface area contributed by atoms with Gasteiger partial charge in [-0.3, -0.25) is 0 Å². The van der Waals surface area contributed by atoms with E-state index in [1.54, 1.807) is 12.1 Å². The number of ether oxygens (including phenoxy) is 1. The molecule has 1 aromatic rings. The van der Waals surface area contributed by atoms with Gasteiger partial charge >= 0.3 is 0 Å². The van der Waals surface area contributed by atoms with Crippen LogP contribution < -0.4 is 4.74 Å². The first-order valence-corrected chi connectivity index (χ1v) is 8.85. The zero-order chi connectivity index (χ0) is 16.5. The molecule has 1 heterocycles. The molecule has 0 aromatic heterocycles. The molecule has 0 radical (unpaired) electrons. The van der Waals surface area contributed by atoms with E-state index in [1.165, 1.54) is 7.05 Å². The van der Waals surface area contributed by atoms with Gasteiger partial charge in [0, 0.05) is 13.5 Å². The van der Waals surface area contributed by atoms with Crippen LogP contribution in [-0.2, 0) is 16.4 Å². The number of rotatable bonds is 5. The lowest BCUT2D eigenvalue weighted by Gasteiger charge is -2.23. The fourth-order valence-corrected chi connectivity index (χ4v) is 4.17. The number of hydrogen-bond acceptors (Lipinski definition) is 4. The Morgan fingerprint density at radius 1 is 1.45 bits per heavy atom. The summed E-state index contributed by atoms with van der Waals surface area (Å²) < 4.78 is 32.7. The number of nitrogens with zero attached hydrogens (tertiary/aromatic N) is 2. The Kier molecular flexibility index (Phi) is 4.50. The van der Waals surface area contributed by atoms with Crippen LogP contribution >= 0.6 is 0 Å². The zero-order valence-electron chi connectivity index (χ0n) is 13.5. The van der Waals surface area contributed by atoms with Gasteiger partial charge in [0.1, 0.15) is 22.3 Å². The lowest BCUT2D eigenvalue weighted by molar-refractivity contribution is 0.135. The van der Waals surface area contributed by atoms with Crippen molar-refractivity contribution in [3.8, 4) is 11.8 Å². The van der Waals surface area contributed by atoms with E-state index in [4.69, 9.17) is 4.74 Å². The molecule has 0 aliphatic carbocycles. The normalized spacial score (nSPS) is 17.6. The molecule has 0 fully saturated rings. The molecule has 120 valence electrons. The summed E-state index contributed by atoms with van der Waals surface area (Å²) in [5, 5.41) is 9.23. The maximum atomic E-state index is 12.9. The van der Waals surface area contributed by atoms with Crippen LogP contribution in [0.1, 0.15) is 39.2 Å². The predicted molar refractivity (Wildman–Crippen MR) is 84.1 cm³/mol. The fraction of sp³-hybridized carbons (Fsp3) is 0.562. The number of nitriles is 1. The monoisotopic (exact) mass is 322 g/mol. The molecule has 0 N–H and O–H groups in total. The molecule has 0 spiro atoms. The summed E-state index contributed by atoms with van der Waals surface area (Å²) in [6.45, 7) is 5.79. The Labute approximate surface area is 132 Å². The number of hydrogen-bond donors (Lipinski definition) is 0. The number of para-hydroxylation sites is 1. The van der Waals surface area contributed by atoms with Crippen LogP contribution in [0.4, 0.5) is 0 Å². The molecular formula is C16H22N2O3S. The summed E-state index contributed by atoms with van der Waals surface area (Å²) in [6.07, 6.45) is 1.92. The van der Waals surface area contributed by atoms with Gasteiger partial charge < -0.3 is 4.74 Å². The number of sulfonamides is 1. The van der Waals surface area contributed by atoms with Crippen LogP contribution in [0.2, 0.25) is 0 Å². The van der Waals surface area contributed by atoms with Gasteiger partial charge in [0.05, 0.1) is 6.07 Å². The van der Waals surface area contributed by atoms with E-state index in [0.717, 1.165) is 16.3 Å². The van der Waals surface area contributed by atoms with Crippen molar-refractivity contribution < 1.29 is 13.2 Å². The quantitative estimate of drug-likeness (QED) is 0.835. The van der Waals surface area contributed by atoms with E-state index in [2.05, 4.69) is 6.07 Å². The summed E-state index contributed by atoms with van der Waals surface area (Å²) in [4.78, 5) is 0.148. The lowest BCUT2D eigenvalue weighted by atomic mass is 10.0. The van der Waals surface area contributed by atoms with Crippen molar-refractivity contribution in [1.82, 2.24) is 4.31 Å². The van der Waals surface area contributed by atoms with E-state index < -0.39 is 21.7 Å². The van der Waals surface area contributed by atoms with Crippen LogP contribution in [0.5, 0.6) is 5.75 Å². The van der Waals surface area contributed by atoms with E-state index >= 15 is 0 Å². The van der Waals surface area contributed by atoms with E-state index in [-0.39, 0.29) is 4.90 Å². The second-order valence-corrected chi connectivity index (χ2v) is 8.20. The molecule has 0 saturated carbocycles. The zero-order valence-corrected chi connectivity index (χ0v) is 14.3. The summed E-state index contributed by atoms with van der Waals surface area (Å²) in [5.41, 5.74) is 0.480. The third kappa shape index (κ3) is 2.96. The molecule has 0 amide bonds. The maximum absolute atomic E-state index is 12.9. The second-order valence-electron chi connectivity index (χ2n) is 6.24. The summed E-state index contributed by atoms with van der Waals surface area (Å²) >= 11 is 0. The van der Waals surface area contributed by atoms with Gasteiger partial charge in [-0.15, -0.1) is 0 Å². The van der Waals surface area contributed by atoms with Gasteiger partial charge in [-0.1, -0.05) is 25.5 Å². The highest BCUT2D eigenvalue weighted by molar-refractivity contribution is 7.89. The number of benzene rings is 1. The Morgan fingerprint density at radius 3 is 2.73 bits per heavy atom. The molecule has 0 bridgehead atoms. The maximum Gasteiger partial charge on any atom is 0.247 e. The van der Waals surface area contributed by atoms with Gasteiger partial charge in [-0.25, -0.2) is 8.42 Å². The van der Waals surface area contributed by atoms with Crippen molar-refractivity contribution in [3.63, 3.8) is 0 Å². The van der Waals surface area contributed by atoms with Crippen LogP contribution in [0.3, 0.4) is 0 Å². The van der Waals surface area contributed by atoms with Crippen LogP contribution in [0, 0.1) is 11.3 Å². The van der Waals surface area contributed by atoms with E-state index in [9.17, 15) is 13.7 Å². The smallest absolute Gasteiger partial charge is 0.247 e. The van der Waals surface area contributed by atoms with Gasteiger partial charge in [-0.2, -0.15) is 9.57 Å². The highest BCUT2D eigenvalue weighted by atomic mass is 32.2. The molecule has 2 rings (SSSR count). The lowest BCUT2D eigenvalue weighted by Crippen LogP contribution is -2.36. The van der Waals surface area contributed by atoms with E-state index in [0.29, 0.717) is 18.6 Å². The molecule has 0 unspecified atom stereocenters. The first-order valence-electron chi connectivity index (χ1n) is 7.41. The number of fused-ring (bicyclic) bond motifs is 1. The molecule has 6 heteroatoms. The Morgan fingerprint density at radius 2 is 2.14 bits per heavy atom. The van der Waals surface area contributed by atoms with Gasteiger partial charge in [0.2, 0.25) is 10.0 Å². The van der Waals surface area contributed by atoms with Crippen molar-refractivity contribution in [2.45, 2.75) is 56.6 Å². The third-order valence-corrected chi connectivity index (χ3v) is 5.75. The largest absolute Gasteiger partial charge is 0.486 e. The van der Waals surface area contributed by atoms with Crippen LogP contribution in [0.25, 0.3) is 0 Å². The minimum absolute atomic E-state index is 0.148. The molecule has 1 aromatic carbocycles. The molecule has 1 aliphatic heterocycles. The first-order chi connectivity index (χ1) is 10.2. The highest BCUT2D eigenvalue weighted by Gasteiger charge is 2.37. The topological polar surface area (TPSA) is 70.4 Å². The first kappa shape index (κ1) is 16.8. The molecule has 5 nitrogen and oxygen atoms in total.